The highest BCUT2D eigenvalue weighted by Crippen LogP contribution is 2.51. The fourth-order valence-electron chi connectivity index (χ4n) is 9.46. The Morgan fingerprint density at radius 1 is 0.604 bits per heavy atom. The number of fused-ring (bicyclic) bond motifs is 3. The minimum atomic E-state index is -0.125. The van der Waals surface area contributed by atoms with Crippen LogP contribution in [0.4, 0.5) is 0 Å². The van der Waals surface area contributed by atoms with Gasteiger partial charge in [0.1, 0.15) is 0 Å². The Bertz CT molecular complexity index is 2520. The molecular formula is C53H52. The summed E-state index contributed by atoms with van der Waals surface area (Å²) in [5.74, 6) is 0.527. The van der Waals surface area contributed by atoms with Gasteiger partial charge in [-0.05, 0) is 118 Å². The first-order valence-electron chi connectivity index (χ1n) is 19.7. The summed E-state index contributed by atoms with van der Waals surface area (Å²) >= 11 is 0. The standard InChI is InChI=1S/C53H52/c1-32(2)37-19-25-44-45-27-23-41(31-48(45)53(8,9)47(44)30-37)52(6,7)40-21-16-34(17-22-40)33-10-12-35(13-11-33)43-24-18-36-14-15-38-28-42(51(3,4)5)29-39-20-26-46(43)50(36)49(38)39/h10-25,27-28,30-32H,26,29H2,1-9H3. The van der Waals surface area contributed by atoms with Gasteiger partial charge in [-0.1, -0.05) is 189 Å². The zero-order valence-corrected chi connectivity index (χ0v) is 33.0. The maximum absolute atomic E-state index is 2.51. The van der Waals surface area contributed by atoms with Gasteiger partial charge >= 0.3 is 0 Å². The average molecular weight is 689 g/mol. The van der Waals surface area contributed by atoms with E-state index >= 15 is 0 Å². The van der Waals surface area contributed by atoms with Crippen molar-refractivity contribution in [2.75, 3.05) is 0 Å². The molecule has 0 amide bonds. The Kier molecular flexibility index (Phi) is 7.53. The minimum Gasteiger partial charge on any atom is -0.0759 e. The summed E-state index contributed by atoms with van der Waals surface area (Å²) in [5.41, 5.74) is 22.4. The van der Waals surface area contributed by atoms with Crippen LogP contribution >= 0.6 is 0 Å². The van der Waals surface area contributed by atoms with Gasteiger partial charge in [0.05, 0.1) is 0 Å². The molecule has 9 rings (SSSR count). The molecule has 0 unspecified atom stereocenters. The Hall–Kier alpha value is -4.94. The molecular weight excluding hydrogens is 637 g/mol. The van der Waals surface area contributed by atoms with Gasteiger partial charge < -0.3 is 0 Å². The van der Waals surface area contributed by atoms with Crippen LogP contribution in [0, 0.1) is 5.41 Å². The smallest absolute Gasteiger partial charge is 0.0159 e. The molecule has 0 N–H and O–H groups in total. The molecule has 3 aliphatic rings. The van der Waals surface area contributed by atoms with Crippen LogP contribution in [0.25, 0.3) is 55.8 Å². The number of rotatable bonds is 5. The second kappa shape index (κ2) is 11.8. The summed E-state index contributed by atoms with van der Waals surface area (Å²) in [6.07, 6.45) is 7.01. The normalized spacial score (nSPS) is 15.7. The van der Waals surface area contributed by atoms with Crippen molar-refractivity contribution in [2.45, 2.75) is 91.9 Å². The first-order chi connectivity index (χ1) is 25.2. The third-order valence-electron chi connectivity index (χ3n) is 13.1. The van der Waals surface area contributed by atoms with Gasteiger partial charge in [-0.25, -0.2) is 0 Å². The van der Waals surface area contributed by atoms with E-state index in [2.05, 4.69) is 184 Å². The number of hydrogen-bond donors (Lipinski definition) is 0. The Labute approximate surface area is 317 Å². The Morgan fingerprint density at radius 2 is 1.19 bits per heavy atom. The van der Waals surface area contributed by atoms with Crippen LogP contribution in [0.15, 0.2) is 121 Å². The SMILES string of the molecule is CC(C)c1ccc2c(c1)C(C)(C)c1cc(C(C)(C)c3ccc(-c4ccc(-c5ccc6ccc7c8c6c5CC=C8CC(C(C)(C)C)=C7)cc4)cc3)ccc1-2. The lowest BCUT2D eigenvalue weighted by Crippen LogP contribution is -2.21. The monoisotopic (exact) mass is 688 g/mol. The molecule has 0 bridgehead atoms. The molecule has 0 saturated carbocycles. The minimum absolute atomic E-state index is 0.0191. The molecule has 264 valence electrons. The Morgan fingerprint density at radius 3 is 1.87 bits per heavy atom. The molecule has 0 heteroatoms. The predicted molar refractivity (Wildman–Crippen MR) is 229 cm³/mol. The topological polar surface area (TPSA) is 0 Å². The maximum atomic E-state index is 2.51. The van der Waals surface area contributed by atoms with Crippen molar-refractivity contribution in [3.63, 3.8) is 0 Å². The molecule has 0 nitrogen and oxygen atoms in total. The fraction of sp³-hybridized carbons (Fsp3) is 0.283. The molecule has 0 aromatic heterocycles. The van der Waals surface area contributed by atoms with Crippen molar-refractivity contribution in [2.24, 2.45) is 5.41 Å². The molecule has 0 spiro atoms. The van der Waals surface area contributed by atoms with Crippen LogP contribution in [0.3, 0.4) is 0 Å². The third-order valence-corrected chi connectivity index (χ3v) is 13.1. The van der Waals surface area contributed by atoms with Crippen molar-refractivity contribution in [3.05, 3.63) is 165 Å². The third kappa shape index (κ3) is 5.32. The van der Waals surface area contributed by atoms with Crippen molar-refractivity contribution >= 4 is 22.4 Å². The summed E-state index contributed by atoms with van der Waals surface area (Å²) in [6.45, 7) is 21.1. The van der Waals surface area contributed by atoms with Gasteiger partial charge in [0, 0.05) is 10.8 Å². The van der Waals surface area contributed by atoms with E-state index in [1.807, 2.05) is 0 Å². The van der Waals surface area contributed by atoms with Gasteiger partial charge in [-0.2, -0.15) is 0 Å². The van der Waals surface area contributed by atoms with E-state index in [9.17, 15) is 0 Å². The molecule has 6 aromatic carbocycles. The van der Waals surface area contributed by atoms with Crippen LogP contribution in [-0.4, -0.2) is 0 Å². The van der Waals surface area contributed by atoms with E-state index in [0.29, 0.717) is 5.92 Å². The zero-order valence-electron chi connectivity index (χ0n) is 33.0. The molecule has 0 aliphatic heterocycles. The van der Waals surface area contributed by atoms with Crippen molar-refractivity contribution < 1.29 is 0 Å². The number of hydrogen-bond acceptors (Lipinski definition) is 0. The lowest BCUT2D eigenvalue weighted by atomic mass is 9.72. The molecule has 0 saturated heterocycles. The van der Waals surface area contributed by atoms with Gasteiger partial charge in [0.15, 0.2) is 0 Å². The van der Waals surface area contributed by atoms with Crippen LogP contribution in [-0.2, 0) is 17.3 Å². The molecule has 0 radical (unpaired) electrons. The first kappa shape index (κ1) is 33.9. The van der Waals surface area contributed by atoms with Gasteiger partial charge in [0.2, 0.25) is 0 Å². The van der Waals surface area contributed by atoms with E-state index in [0.717, 1.165) is 12.8 Å². The van der Waals surface area contributed by atoms with Crippen molar-refractivity contribution in [1.82, 2.24) is 0 Å². The molecule has 0 fully saturated rings. The molecule has 53 heavy (non-hydrogen) atoms. The van der Waals surface area contributed by atoms with E-state index in [1.54, 1.807) is 0 Å². The quantitative estimate of drug-likeness (QED) is 0.169. The van der Waals surface area contributed by atoms with E-state index < -0.39 is 0 Å². The van der Waals surface area contributed by atoms with E-state index in [4.69, 9.17) is 0 Å². The summed E-state index contributed by atoms with van der Waals surface area (Å²) in [6, 6.07) is 42.2. The van der Waals surface area contributed by atoms with E-state index in [-0.39, 0.29) is 16.2 Å². The lowest BCUT2D eigenvalue weighted by Gasteiger charge is -2.32. The summed E-state index contributed by atoms with van der Waals surface area (Å²) < 4.78 is 0. The van der Waals surface area contributed by atoms with Crippen molar-refractivity contribution in [3.8, 4) is 33.4 Å². The fourth-order valence-corrected chi connectivity index (χ4v) is 9.46. The van der Waals surface area contributed by atoms with Crippen molar-refractivity contribution in [1.29, 1.82) is 0 Å². The van der Waals surface area contributed by atoms with Gasteiger partial charge in [0.25, 0.3) is 0 Å². The van der Waals surface area contributed by atoms with Crippen LogP contribution in [0.1, 0.15) is 119 Å². The molecule has 0 heterocycles. The highest BCUT2D eigenvalue weighted by atomic mass is 14.4. The second-order valence-corrected chi connectivity index (χ2v) is 18.4. The van der Waals surface area contributed by atoms with Crippen LogP contribution in [0.2, 0.25) is 0 Å². The summed E-state index contributed by atoms with van der Waals surface area (Å²) in [4.78, 5) is 0. The highest BCUT2D eigenvalue weighted by molar-refractivity contribution is 6.05. The number of allylic oxidation sites excluding steroid dienone is 3. The number of benzene rings is 6. The zero-order chi connectivity index (χ0) is 37.0. The molecule has 0 atom stereocenters. The Balaban J connectivity index is 0.994. The van der Waals surface area contributed by atoms with Crippen LogP contribution in [0.5, 0.6) is 0 Å². The van der Waals surface area contributed by atoms with Gasteiger partial charge in [-0.3, -0.25) is 0 Å². The van der Waals surface area contributed by atoms with E-state index in [1.165, 1.54) is 99.8 Å². The molecule has 6 aromatic rings. The summed E-state index contributed by atoms with van der Waals surface area (Å²) in [5, 5.41) is 2.81. The molecule has 3 aliphatic carbocycles. The van der Waals surface area contributed by atoms with Gasteiger partial charge in [-0.15, -0.1) is 0 Å². The maximum Gasteiger partial charge on any atom is 0.0159 e. The highest BCUT2D eigenvalue weighted by Gasteiger charge is 2.37. The lowest BCUT2D eigenvalue weighted by molar-refractivity contribution is 0.498. The first-order valence-corrected chi connectivity index (χ1v) is 19.7. The largest absolute Gasteiger partial charge is 0.0759 e. The average Bonchev–Trinajstić information content (AvgIpc) is 3.38. The van der Waals surface area contributed by atoms with Crippen LogP contribution < -0.4 is 0 Å². The predicted octanol–water partition coefficient (Wildman–Crippen LogP) is 14.7. The second-order valence-electron chi connectivity index (χ2n) is 18.4. The summed E-state index contributed by atoms with van der Waals surface area (Å²) in [7, 11) is 0.